The van der Waals surface area contributed by atoms with Crippen molar-refractivity contribution in [3.63, 3.8) is 0 Å². The summed E-state index contributed by atoms with van der Waals surface area (Å²) in [5, 5.41) is 63.8. The van der Waals surface area contributed by atoms with Gasteiger partial charge >= 0.3 is 18.0 Å². The second-order valence-corrected chi connectivity index (χ2v) is 10.9. The number of halogens is 1. The number of aromatic nitrogens is 6. The highest BCUT2D eigenvalue weighted by Crippen LogP contribution is 2.31. The molecule has 0 atom stereocenters. The van der Waals surface area contributed by atoms with Crippen LogP contribution >= 0.6 is 11.6 Å². The van der Waals surface area contributed by atoms with Crippen LogP contribution in [-0.2, 0) is 22.6 Å². The van der Waals surface area contributed by atoms with Crippen molar-refractivity contribution in [2.75, 3.05) is 16.8 Å². The molecule has 8 N–H and O–H groups in total. The van der Waals surface area contributed by atoms with Crippen molar-refractivity contribution in [1.29, 1.82) is 5.41 Å². The molecule has 240 valence electrons. The topological polar surface area (TPSA) is 257 Å². The van der Waals surface area contributed by atoms with E-state index < -0.39 is 30.7 Å². The summed E-state index contributed by atoms with van der Waals surface area (Å²) in [7, 11) is 1.80. The maximum absolute atomic E-state index is 13.1. The molecule has 3 aromatic heterocycles. The molecular weight excluding hydrogens is 616 g/mol. The first-order chi connectivity index (χ1) is 21.2. The van der Waals surface area contributed by atoms with Crippen LogP contribution in [0.4, 0.5) is 16.6 Å². The Kier molecular flexibility index (Phi) is 8.99. The predicted molar refractivity (Wildman–Crippen MR) is 155 cm³/mol. The molecule has 1 saturated carbocycles. The van der Waals surface area contributed by atoms with Crippen molar-refractivity contribution in [2.45, 2.75) is 56.6 Å². The molecule has 18 nitrogen and oxygen atoms in total. The Morgan fingerprint density at radius 2 is 1.93 bits per heavy atom. The summed E-state index contributed by atoms with van der Waals surface area (Å²) in [6.07, 6.45) is 7.65. The zero-order valence-corrected chi connectivity index (χ0v) is 24.8. The first-order valence-corrected chi connectivity index (χ1v) is 14.0. The molecule has 0 aromatic carbocycles. The minimum absolute atomic E-state index is 0.0866. The average Bonchev–Trinajstić information content (AvgIpc) is 3.33. The highest BCUT2D eigenvalue weighted by molar-refractivity contribution is 6.45. The quantitative estimate of drug-likeness (QED) is 0.158. The first kappa shape index (κ1) is 32.1. The highest BCUT2D eigenvalue weighted by atomic mass is 35.5. The second kappa shape index (κ2) is 12.6. The number of rotatable bonds is 7. The van der Waals surface area contributed by atoms with E-state index in [1.54, 1.807) is 17.9 Å². The van der Waals surface area contributed by atoms with Crippen LogP contribution in [0.2, 0.25) is 0 Å². The Morgan fingerprint density at radius 1 is 1.20 bits per heavy atom. The number of fused-ring (bicyclic) bond motifs is 1. The molecule has 0 unspecified atom stereocenters. The SMILES string of the molecule is Cc1c(-c2cnc(N(C(=O)OCC(O)(O)O)[C@H]3CC[C@H](Nc4ncc5c(n4)C(=N)/C(Cl)=C\NOC5(O)O)CC3)cn2)cnn1C. The van der Waals surface area contributed by atoms with Gasteiger partial charge in [-0.1, -0.05) is 11.6 Å². The third kappa shape index (κ3) is 7.17. The minimum atomic E-state index is -3.21. The van der Waals surface area contributed by atoms with Crippen LogP contribution in [0.15, 0.2) is 36.0 Å². The van der Waals surface area contributed by atoms with Crippen molar-refractivity contribution in [3.8, 4) is 11.3 Å². The number of hydrogen-bond donors (Lipinski definition) is 8. The largest absolute Gasteiger partial charge is 0.440 e. The Hall–Kier alpha value is -4.30. The monoisotopic (exact) mass is 646 g/mol. The fourth-order valence-electron chi connectivity index (χ4n) is 4.94. The minimum Gasteiger partial charge on any atom is -0.440 e. The van der Waals surface area contributed by atoms with E-state index in [-0.39, 0.29) is 39.8 Å². The zero-order valence-electron chi connectivity index (χ0n) is 24.0. The van der Waals surface area contributed by atoms with Crippen LogP contribution in [0.3, 0.4) is 0 Å². The fraction of sp³-hybridized carbons (Fsp3) is 0.423. The standard InChI is InChI=1S/C26H31ClN10O8/c1-13-16(7-32-36(13)2)19-10-30-20(11-29-19)37(24(38)44-12-25(39,40)41)15-5-3-14(4-6-15)34-23-31-8-17-22(35-23)21(28)18(27)9-33-45-26(17,42)43/h7-11,14-15,28,33,39-43H,3-6,12H2,1-2H3,(H,31,34,35)/b18-9+,28-21?/t14-,15-. The summed E-state index contributed by atoms with van der Waals surface area (Å²) in [4.78, 5) is 36.5. The number of aliphatic hydroxyl groups is 5. The molecule has 1 aliphatic carbocycles. The molecule has 1 amide bonds. The first-order valence-electron chi connectivity index (χ1n) is 13.6. The van der Waals surface area contributed by atoms with Crippen molar-refractivity contribution < 1.29 is 39.9 Å². The number of hydrogen-bond acceptors (Lipinski definition) is 16. The predicted octanol–water partition coefficient (Wildman–Crippen LogP) is 0.0503. The van der Waals surface area contributed by atoms with E-state index in [1.165, 1.54) is 17.3 Å². The summed E-state index contributed by atoms with van der Waals surface area (Å²) in [6, 6.07) is -0.622. The van der Waals surface area contributed by atoms with E-state index in [2.05, 4.69) is 35.8 Å². The van der Waals surface area contributed by atoms with Crippen LogP contribution in [-0.4, -0.2) is 91.7 Å². The van der Waals surface area contributed by atoms with E-state index in [1.807, 2.05) is 6.92 Å². The maximum atomic E-state index is 13.1. The number of allylic oxidation sites excluding steroid dienone is 1. The number of aryl methyl sites for hydroxylation is 1. The zero-order chi connectivity index (χ0) is 32.5. The number of nitrogens with zero attached hydrogens (tertiary/aromatic N) is 7. The Morgan fingerprint density at radius 3 is 2.56 bits per heavy atom. The lowest BCUT2D eigenvalue weighted by Crippen LogP contribution is -2.46. The lowest BCUT2D eigenvalue weighted by atomic mass is 9.90. The van der Waals surface area contributed by atoms with Gasteiger partial charge in [-0.05, 0) is 32.6 Å². The highest BCUT2D eigenvalue weighted by Gasteiger charge is 2.37. The summed E-state index contributed by atoms with van der Waals surface area (Å²) in [6.45, 7) is 0.791. The molecule has 4 heterocycles. The van der Waals surface area contributed by atoms with Gasteiger partial charge in [-0.25, -0.2) is 24.6 Å². The maximum Gasteiger partial charge on any atom is 0.416 e. The molecule has 3 aromatic rings. The van der Waals surface area contributed by atoms with Crippen LogP contribution in [0.25, 0.3) is 11.3 Å². The molecule has 1 aliphatic heterocycles. The molecule has 0 saturated heterocycles. The molecule has 5 rings (SSSR count). The number of carbonyl (C=O) groups excluding carboxylic acids is 1. The summed E-state index contributed by atoms with van der Waals surface area (Å²) >= 11 is 6.08. The smallest absolute Gasteiger partial charge is 0.416 e. The number of carbonyl (C=O) groups is 1. The molecule has 19 heteroatoms. The molecule has 1 fully saturated rings. The number of nitrogens with one attached hydrogen (secondary N) is 3. The van der Waals surface area contributed by atoms with Crippen molar-refractivity contribution in [3.05, 3.63) is 53.0 Å². The summed E-state index contributed by atoms with van der Waals surface area (Å²) < 4.78 is 6.67. The van der Waals surface area contributed by atoms with Crippen LogP contribution < -0.4 is 15.7 Å². The average molecular weight is 647 g/mol. The Bertz CT molecular complexity index is 1600. The molecule has 0 radical (unpaired) electrons. The molecule has 45 heavy (non-hydrogen) atoms. The van der Waals surface area contributed by atoms with Crippen LogP contribution in [0.1, 0.15) is 42.6 Å². The Balaban J connectivity index is 1.32. The van der Waals surface area contributed by atoms with E-state index in [0.717, 1.165) is 23.7 Å². The summed E-state index contributed by atoms with van der Waals surface area (Å²) in [5.41, 5.74) is 3.58. The van der Waals surface area contributed by atoms with Gasteiger partial charge in [-0.2, -0.15) is 5.10 Å². The molecule has 0 spiro atoms. The third-order valence-electron chi connectivity index (χ3n) is 7.38. The van der Waals surface area contributed by atoms with E-state index >= 15 is 0 Å². The summed E-state index contributed by atoms with van der Waals surface area (Å²) in [5.74, 6) is -5.79. The number of hydroxylamine groups is 1. The van der Waals surface area contributed by atoms with Gasteiger partial charge in [0, 0.05) is 42.8 Å². The van der Waals surface area contributed by atoms with Crippen LogP contribution in [0, 0.1) is 12.3 Å². The number of amides is 1. The van der Waals surface area contributed by atoms with Gasteiger partial charge in [-0.15, -0.1) is 0 Å². The second-order valence-electron chi connectivity index (χ2n) is 10.5. The van der Waals surface area contributed by atoms with E-state index in [9.17, 15) is 30.3 Å². The fourth-order valence-corrected chi connectivity index (χ4v) is 5.07. The molecular formula is C26H31ClN10O8. The van der Waals surface area contributed by atoms with Gasteiger partial charge < -0.3 is 35.6 Å². The number of anilines is 2. The lowest BCUT2D eigenvalue weighted by molar-refractivity contribution is -0.369. The number of ether oxygens (including phenoxy) is 1. The van der Waals surface area contributed by atoms with E-state index in [4.69, 9.17) is 26.6 Å². The van der Waals surface area contributed by atoms with Gasteiger partial charge in [-0.3, -0.25) is 25.5 Å². The lowest BCUT2D eigenvalue weighted by Gasteiger charge is -2.36. The van der Waals surface area contributed by atoms with Gasteiger partial charge in [0.1, 0.15) is 11.4 Å². The Labute approximate surface area is 260 Å². The van der Waals surface area contributed by atoms with Gasteiger partial charge in [0.05, 0.1) is 34.9 Å². The van der Waals surface area contributed by atoms with Gasteiger partial charge in [0.25, 0.3) is 0 Å². The van der Waals surface area contributed by atoms with Gasteiger partial charge in [0.15, 0.2) is 12.4 Å². The van der Waals surface area contributed by atoms with Crippen molar-refractivity contribution in [1.82, 2.24) is 35.2 Å². The van der Waals surface area contributed by atoms with Crippen molar-refractivity contribution >= 4 is 35.2 Å². The van der Waals surface area contributed by atoms with Crippen molar-refractivity contribution in [2.24, 2.45) is 7.05 Å². The third-order valence-corrected chi connectivity index (χ3v) is 7.68. The van der Waals surface area contributed by atoms with Crippen LogP contribution in [0.5, 0.6) is 0 Å². The normalized spacial score (nSPS) is 21.0. The molecule has 2 aliphatic rings. The van der Waals surface area contributed by atoms with E-state index in [0.29, 0.717) is 31.4 Å². The molecule has 0 bridgehead atoms. The van der Waals surface area contributed by atoms with Gasteiger partial charge in [0.2, 0.25) is 5.95 Å².